The fraction of sp³-hybridized carbons (Fsp3) is 0.400. The molecule has 1 rings (SSSR count). The zero-order chi connectivity index (χ0) is 16.1. The zero-order valence-electron chi connectivity index (χ0n) is 10.9. The van der Waals surface area contributed by atoms with Crippen LogP contribution in [0.5, 0.6) is 0 Å². The molecule has 8 nitrogen and oxygen atoms in total. The quantitative estimate of drug-likeness (QED) is 0.610. The van der Waals surface area contributed by atoms with E-state index in [1.807, 2.05) is 4.72 Å². The van der Waals surface area contributed by atoms with Crippen LogP contribution in [-0.4, -0.2) is 47.3 Å². The van der Waals surface area contributed by atoms with Gasteiger partial charge in [-0.15, -0.1) is 11.3 Å². The summed E-state index contributed by atoms with van der Waals surface area (Å²) in [6, 6.07) is 3.00. The molecule has 1 amide bonds. The third-order valence-corrected chi connectivity index (χ3v) is 5.99. The predicted octanol–water partition coefficient (Wildman–Crippen LogP) is -0.921. The molecule has 1 unspecified atom stereocenters. The van der Waals surface area contributed by atoms with Crippen LogP contribution in [0.2, 0.25) is 0 Å². The summed E-state index contributed by atoms with van der Waals surface area (Å²) in [6.07, 6.45) is 0.886. The minimum atomic E-state index is -4.00. The van der Waals surface area contributed by atoms with Crippen molar-refractivity contribution in [2.75, 3.05) is 18.6 Å². The fourth-order valence-electron chi connectivity index (χ4n) is 1.38. The summed E-state index contributed by atoms with van der Waals surface area (Å²) in [5.74, 6) is -1.57. The summed E-state index contributed by atoms with van der Waals surface area (Å²) in [5.41, 5.74) is 0. The van der Waals surface area contributed by atoms with E-state index in [9.17, 15) is 21.6 Å². The predicted molar refractivity (Wildman–Crippen MR) is 76.8 cm³/mol. The first-order chi connectivity index (χ1) is 9.65. The van der Waals surface area contributed by atoms with Crippen LogP contribution in [0.15, 0.2) is 21.7 Å². The first-order valence-electron chi connectivity index (χ1n) is 5.54. The summed E-state index contributed by atoms with van der Waals surface area (Å²) in [6.45, 7) is -0.347. The summed E-state index contributed by atoms with van der Waals surface area (Å²) >= 11 is 0.935. The van der Waals surface area contributed by atoms with Crippen molar-refractivity contribution in [2.24, 2.45) is 0 Å². The average Bonchev–Trinajstić information content (AvgIpc) is 2.87. The summed E-state index contributed by atoms with van der Waals surface area (Å²) < 4.78 is 48.7. The number of nitrogens with zero attached hydrogens (tertiary/aromatic N) is 1. The molecule has 1 heterocycles. The van der Waals surface area contributed by atoms with E-state index in [2.05, 4.69) is 5.32 Å². The second kappa shape index (κ2) is 6.99. The van der Waals surface area contributed by atoms with Gasteiger partial charge < -0.3 is 5.32 Å². The molecule has 1 aromatic rings. The van der Waals surface area contributed by atoms with Crippen LogP contribution in [-0.2, 0) is 24.7 Å². The Morgan fingerprint density at radius 3 is 2.57 bits per heavy atom. The second-order valence-corrected chi connectivity index (χ2v) is 9.15. The van der Waals surface area contributed by atoms with Crippen LogP contribution in [0.4, 0.5) is 0 Å². The molecule has 0 saturated heterocycles. The van der Waals surface area contributed by atoms with Crippen molar-refractivity contribution in [3.05, 3.63) is 17.5 Å². The van der Waals surface area contributed by atoms with Gasteiger partial charge in [0.05, 0.1) is 11.8 Å². The zero-order valence-corrected chi connectivity index (χ0v) is 13.4. The number of sulfonamides is 1. The Morgan fingerprint density at radius 2 is 2.10 bits per heavy atom. The van der Waals surface area contributed by atoms with Crippen molar-refractivity contribution >= 4 is 37.1 Å². The minimum Gasteiger partial charge on any atom is -0.342 e. The SMILES string of the molecule is CS(=O)(=O)CC(NS(=O)(=O)c1cccs1)C(=O)NCC#N. The fourth-order valence-corrected chi connectivity index (χ4v) is 4.53. The first-order valence-corrected chi connectivity index (χ1v) is 9.96. The van der Waals surface area contributed by atoms with E-state index in [1.165, 1.54) is 17.5 Å². The molecule has 0 saturated carbocycles. The lowest BCUT2D eigenvalue weighted by atomic mass is 10.3. The third-order valence-electron chi connectivity index (χ3n) is 2.18. The largest absolute Gasteiger partial charge is 0.342 e. The Morgan fingerprint density at radius 1 is 1.43 bits per heavy atom. The van der Waals surface area contributed by atoms with Gasteiger partial charge in [-0.05, 0) is 11.4 Å². The molecule has 0 aromatic carbocycles. The Bertz CT molecular complexity index is 731. The molecule has 0 aliphatic carbocycles. The molecule has 11 heteroatoms. The van der Waals surface area contributed by atoms with Crippen molar-refractivity contribution in [3.8, 4) is 6.07 Å². The van der Waals surface area contributed by atoms with Crippen molar-refractivity contribution < 1.29 is 21.6 Å². The van der Waals surface area contributed by atoms with E-state index in [1.54, 1.807) is 6.07 Å². The number of amides is 1. The van der Waals surface area contributed by atoms with E-state index in [-0.39, 0.29) is 10.8 Å². The maximum absolute atomic E-state index is 12.0. The number of nitriles is 1. The van der Waals surface area contributed by atoms with Gasteiger partial charge in [-0.3, -0.25) is 4.79 Å². The Balaban J connectivity index is 2.97. The number of carbonyl (C=O) groups excluding carboxylic acids is 1. The van der Waals surface area contributed by atoms with Gasteiger partial charge in [0.25, 0.3) is 10.0 Å². The van der Waals surface area contributed by atoms with E-state index in [4.69, 9.17) is 5.26 Å². The normalized spacial score (nSPS) is 13.3. The Hall–Kier alpha value is -1.48. The van der Waals surface area contributed by atoms with Gasteiger partial charge in [-0.2, -0.15) is 9.98 Å². The summed E-state index contributed by atoms with van der Waals surface area (Å²) in [5, 5.41) is 12.1. The Labute approximate surface area is 126 Å². The van der Waals surface area contributed by atoms with Crippen LogP contribution in [0.1, 0.15) is 0 Å². The minimum absolute atomic E-state index is 0.0333. The average molecular weight is 351 g/mol. The molecule has 21 heavy (non-hydrogen) atoms. The molecular weight excluding hydrogens is 338 g/mol. The molecule has 116 valence electrons. The number of hydrogen-bond donors (Lipinski definition) is 2. The van der Waals surface area contributed by atoms with Crippen molar-refractivity contribution in [1.82, 2.24) is 10.0 Å². The number of carbonyl (C=O) groups is 1. The highest BCUT2D eigenvalue weighted by Gasteiger charge is 2.29. The molecular formula is C10H13N3O5S3. The number of sulfone groups is 1. The van der Waals surface area contributed by atoms with E-state index >= 15 is 0 Å². The van der Waals surface area contributed by atoms with Gasteiger partial charge in [0.15, 0.2) is 0 Å². The van der Waals surface area contributed by atoms with Crippen LogP contribution in [0, 0.1) is 11.3 Å². The van der Waals surface area contributed by atoms with Gasteiger partial charge in [-0.25, -0.2) is 16.8 Å². The molecule has 0 aliphatic rings. The molecule has 0 fully saturated rings. The monoisotopic (exact) mass is 351 g/mol. The molecule has 0 aliphatic heterocycles. The van der Waals surface area contributed by atoms with Crippen LogP contribution in [0.25, 0.3) is 0 Å². The van der Waals surface area contributed by atoms with Gasteiger partial charge in [0, 0.05) is 6.26 Å². The standard InChI is InChI=1S/C10H13N3O5S3/c1-20(15,16)7-8(10(14)12-5-4-11)13-21(17,18)9-3-2-6-19-9/h2-3,6,8,13H,5,7H2,1H3,(H,12,14). The first kappa shape index (κ1) is 17.6. The number of thiophene rings is 1. The highest BCUT2D eigenvalue weighted by Crippen LogP contribution is 2.16. The van der Waals surface area contributed by atoms with Gasteiger partial charge >= 0.3 is 0 Å². The second-order valence-electron chi connectivity index (χ2n) is 4.07. The molecule has 0 radical (unpaired) electrons. The summed E-state index contributed by atoms with van der Waals surface area (Å²) in [7, 11) is -7.60. The van der Waals surface area contributed by atoms with Gasteiger partial charge in [0.1, 0.15) is 26.6 Å². The molecule has 1 aromatic heterocycles. The highest BCUT2D eigenvalue weighted by molar-refractivity contribution is 7.92. The molecule has 0 bridgehead atoms. The van der Waals surface area contributed by atoms with Crippen molar-refractivity contribution in [2.45, 2.75) is 10.3 Å². The number of nitrogens with one attached hydrogen (secondary N) is 2. The van der Waals surface area contributed by atoms with Crippen molar-refractivity contribution in [3.63, 3.8) is 0 Å². The number of rotatable bonds is 7. The molecule has 1 atom stereocenters. The maximum atomic E-state index is 12.0. The van der Waals surface area contributed by atoms with Crippen LogP contribution in [0.3, 0.4) is 0 Å². The lowest BCUT2D eigenvalue weighted by Gasteiger charge is -2.16. The summed E-state index contributed by atoms with van der Waals surface area (Å²) in [4.78, 5) is 11.8. The third kappa shape index (κ3) is 5.80. The number of hydrogen-bond acceptors (Lipinski definition) is 7. The molecule has 0 spiro atoms. The lowest BCUT2D eigenvalue weighted by Crippen LogP contribution is -2.50. The lowest BCUT2D eigenvalue weighted by molar-refractivity contribution is -0.122. The topological polar surface area (TPSA) is 133 Å². The highest BCUT2D eigenvalue weighted by atomic mass is 32.2. The molecule has 2 N–H and O–H groups in total. The smallest absolute Gasteiger partial charge is 0.250 e. The van der Waals surface area contributed by atoms with Gasteiger partial charge in [-0.1, -0.05) is 6.07 Å². The van der Waals surface area contributed by atoms with E-state index in [0.717, 1.165) is 17.6 Å². The van der Waals surface area contributed by atoms with Crippen LogP contribution >= 0.6 is 11.3 Å². The van der Waals surface area contributed by atoms with E-state index in [0.29, 0.717) is 0 Å². The van der Waals surface area contributed by atoms with E-state index < -0.39 is 37.6 Å². The van der Waals surface area contributed by atoms with Crippen LogP contribution < -0.4 is 10.0 Å². The van der Waals surface area contributed by atoms with Gasteiger partial charge in [0.2, 0.25) is 5.91 Å². The Kier molecular flexibility index (Phi) is 5.85. The van der Waals surface area contributed by atoms with Crippen molar-refractivity contribution in [1.29, 1.82) is 5.26 Å². The maximum Gasteiger partial charge on any atom is 0.250 e.